The fraction of sp³-hybridized carbons (Fsp3) is 0.412. The number of aromatic nitrogens is 2. The van der Waals surface area contributed by atoms with Crippen LogP contribution in [-0.2, 0) is 12.8 Å². The Hall–Kier alpha value is -2.21. The smallest absolute Gasteiger partial charge is 0.267 e. The first kappa shape index (κ1) is 15.7. The number of primary amides is 1. The summed E-state index contributed by atoms with van der Waals surface area (Å²) in [4.78, 5) is 11.8. The Balaban J connectivity index is 1.88. The Bertz CT molecular complexity index is 723. The number of carbonyl (C=O) groups is 1. The molecule has 1 fully saturated rings. The van der Waals surface area contributed by atoms with E-state index in [1.54, 1.807) is 4.68 Å². The molecule has 3 rings (SSSR count). The van der Waals surface area contributed by atoms with E-state index < -0.39 is 12.1 Å². The van der Waals surface area contributed by atoms with Crippen LogP contribution in [0.15, 0.2) is 24.3 Å². The zero-order valence-electron chi connectivity index (χ0n) is 13.3. The number of halogens is 1. The minimum atomic E-state index is -0.767. The first-order valence-electron chi connectivity index (χ1n) is 7.86. The van der Waals surface area contributed by atoms with E-state index in [2.05, 4.69) is 10.4 Å². The molecule has 1 saturated heterocycles. The van der Waals surface area contributed by atoms with Crippen molar-refractivity contribution in [3.63, 3.8) is 0 Å². The van der Waals surface area contributed by atoms with Crippen LogP contribution < -0.4 is 11.1 Å². The lowest BCUT2D eigenvalue weighted by Crippen LogP contribution is -2.55. The van der Waals surface area contributed by atoms with Crippen LogP contribution in [-0.4, -0.2) is 34.4 Å². The average Bonchev–Trinajstić information content (AvgIpc) is 2.88. The summed E-state index contributed by atoms with van der Waals surface area (Å²) < 4.78 is 14.9. The van der Waals surface area contributed by atoms with Gasteiger partial charge in [0.1, 0.15) is 11.9 Å². The minimum Gasteiger partial charge on any atom is -0.364 e. The molecule has 6 heteroatoms. The topological polar surface area (TPSA) is 72.9 Å². The van der Waals surface area contributed by atoms with Crippen molar-refractivity contribution < 1.29 is 9.18 Å². The lowest BCUT2D eigenvalue weighted by Gasteiger charge is -2.32. The number of carbonyl (C=O) groups excluding carboxylic acids is 1. The first-order chi connectivity index (χ1) is 11.0. The highest BCUT2D eigenvalue weighted by Crippen LogP contribution is 2.20. The van der Waals surface area contributed by atoms with Gasteiger partial charge in [-0.05, 0) is 37.5 Å². The third-order valence-electron chi connectivity index (χ3n) is 4.44. The Morgan fingerprint density at radius 3 is 2.61 bits per heavy atom. The van der Waals surface area contributed by atoms with Gasteiger partial charge in [-0.1, -0.05) is 19.1 Å². The van der Waals surface area contributed by atoms with Crippen LogP contribution in [0.4, 0.5) is 4.39 Å². The molecule has 1 aromatic heterocycles. The van der Waals surface area contributed by atoms with Crippen molar-refractivity contribution in [3.8, 4) is 5.69 Å². The van der Waals surface area contributed by atoms with Crippen molar-refractivity contribution in [1.29, 1.82) is 0 Å². The Morgan fingerprint density at radius 1 is 1.43 bits per heavy atom. The van der Waals surface area contributed by atoms with Crippen molar-refractivity contribution >= 4 is 5.91 Å². The first-order valence-corrected chi connectivity index (χ1v) is 7.86. The molecule has 1 aromatic carbocycles. The van der Waals surface area contributed by atoms with E-state index in [1.165, 1.54) is 0 Å². The maximum atomic E-state index is 13.3. The van der Waals surface area contributed by atoms with E-state index in [1.807, 2.05) is 38.1 Å². The normalized spacial score (nSPS) is 20.3. The van der Waals surface area contributed by atoms with E-state index in [4.69, 9.17) is 5.73 Å². The quantitative estimate of drug-likeness (QED) is 0.882. The molecular formula is C17H21FN4O. The molecule has 0 saturated carbocycles. The fourth-order valence-electron chi connectivity index (χ4n) is 2.95. The monoisotopic (exact) mass is 316 g/mol. The second-order valence-electron chi connectivity index (χ2n) is 5.95. The number of alkyl halides is 1. The number of nitrogens with one attached hydrogen (secondary N) is 1. The predicted molar refractivity (Wildman–Crippen MR) is 86.6 cm³/mol. The zero-order valence-corrected chi connectivity index (χ0v) is 13.3. The van der Waals surface area contributed by atoms with E-state index in [-0.39, 0.29) is 6.04 Å². The van der Waals surface area contributed by atoms with E-state index in [0.717, 1.165) is 28.9 Å². The number of hydrogen-bond donors (Lipinski definition) is 2. The Morgan fingerprint density at radius 2 is 2.13 bits per heavy atom. The second-order valence-corrected chi connectivity index (χ2v) is 5.95. The molecule has 1 aliphatic heterocycles. The van der Waals surface area contributed by atoms with Crippen LogP contribution >= 0.6 is 0 Å². The number of amides is 1. The number of nitrogens with two attached hydrogens (primary N) is 1. The highest BCUT2D eigenvalue weighted by Gasteiger charge is 2.29. The molecular weight excluding hydrogens is 295 g/mol. The van der Waals surface area contributed by atoms with E-state index in [0.29, 0.717) is 18.7 Å². The van der Waals surface area contributed by atoms with Gasteiger partial charge in [0.15, 0.2) is 0 Å². The van der Waals surface area contributed by atoms with Crippen LogP contribution in [0.25, 0.3) is 5.69 Å². The van der Waals surface area contributed by atoms with Gasteiger partial charge < -0.3 is 11.1 Å². The molecule has 0 radical (unpaired) electrons. The maximum absolute atomic E-state index is 13.3. The van der Waals surface area contributed by atoms with E-state index in [9.17, 15) is 9.18 Å². The van der Waals surface area contributed by atoms with Gasteiger partial charge in [0.25, 0.3) is 5.91 Å². The molecule has 0 bridgehead atoms. The summed E-state index contributed by atoms with van der Waals surface area (Å²) in [7, 11) is 0. The van der Waals surface area contributed by atoms with Crippen molar-refractivity contribution in [2.75, 3.05) is 6.54 Å². The van der Waals surface area contributed by atoms with Gasteiger partial charge in [0.05, 0.1) is 11.4 Å². The lowest BCUT2D eigenvalue weighted by atomic mass is 9.96. The Labute approximate surface area is 134 Å². The summed E-state index contributed by atoms with van der Waals surface area (Å²) in [5.41, 5.74) is 9.44. The molecule has 2 atom stereocenters. The van der Waals surface area contributed by atoms with Crippen LogP contribution in [0.2, 0.25) is 0 Å². The molecule has 122 valence electrons. The highest BCUT2D eigenvalue weighted by atomic mass is 19.1. The molecule has 2 heterocycles. The number of hydrogen-bond acceptors (Lipinski definition) is 3. The van der Waals surface area contributed by atoms with Gasteiger partial charge >= 0.3 is 0 Å². The molecule has 3 N–H and O–H groups in total. The van der Waals surface area contributed by atoms with Gasteiger partial charge in [0.2, 0.25) is 0 Å². The lowest BCUT2D eigenvalue weighted by molar-refractivity contribution is 0.0992. The summed E-state index contributed by atoms with van der Waals surface area (Å²) in [6, 6.07) is 7.56. The van der Waals surface area contributed by atoms with E-state index >= 15 is 0 Å². The third-order valence-corrected chi connectivity index (χ3v) is 4.44. The van der Waals surface area contributed by atoms with Gasteiger partial charge in [-0.3, -0.25) is 4.79 Å². The highest BCUT2D eigenvalue weighted by molar-refractivity contribution is 5.93. The fourth-order valence-corrected chi connectivity index (χ4v) is 2.95. The van der Waals surface area contributed by atoms with Gasteiger partial charge in [-0.2, -0.15) is 5.10 Å². The minimum absolute atomic E-state index is 0.0966. The number of aryl methyl sites for hydroxylation is 1. The zero-order chi connectivity index (χ0) is 16.6. The van der Waals surface area contributed by atoms with Gasteiger partial charge in [-0.25, -0.2) is 9.07 Å². The third kappa shape index (κ3) is 2.86. The van der Waals surface area contributed by atoms with Gasteiger partial charge in [0, 0.05) is 18.2 Å². The molecule has 1 aliphatic rings. The summed E-state index contributed by atoms with van der Waals surface area (Å²) in [5, 5.41) is 7.57. The standard InChI is InChI=1S/C17H21FN4O/c1-3-14-10(2)16(17(19)23)22(21-14)12-6-4-11(5-7-12)8-15-13(18)9-20-15/h4-7,13,15,20H,3,8-9H2,1-2H3,(H2,19,23)/t13-,15-/m1/s1. The Kier molecular flexibility index (Phi) is 4.17. The number of rotatable bonds is 5. The summed E-state index contributed by atoms with van der Waals surface area (Å²) in [6.45, 7) is 4.30. The molecule has 5 nitrogen and oxygen atoms in total. The molecule has 1 amide bonds. The average molecular weight is 316 g/mol. The number of nitrogens with zero attached hydrogens (tertiary/aromatic N) is 2. The summed E-state index contributed by atoms with van der Waals surface area (Å²) in [5.74, 6) is -0.488. The molecule has 0 aliphatic carbocycles. The van der Waals surface area contributed by atoms with Crippen molar-refractivity contribution in [3.05, 3.63) is 46.8 Å². The van der Waals surface area contributed by atoms with Crippen LogP contribution in [0.3, 0.4) is 0 Å². The van der Waals surface area contributed by atoms with Gasteiger partial charge in [-0.15, -0.1) is 0 Å². The van der Waals surface area contributed by atoms with Crippen LogP contribution in [0.1, 0.15) is 34.2 Å². The predicted octanol–water partition coefficient (Wildman–Crippen LogP) is 1.69. The van der Waals surface area contributed by atoms with Crippen LogP contribution in [0.5, 0.6) is 0 Å². The van der Waals surface area contributed by atoms with Crippen molar-refractivity contribution in [1.82, 2.24) is 15.1 Å². The number of benzene rings is 1. The second kappa shape index (κ2) is 6.12. The summed E-state index contributed by atoms with van der Waals surface area (Å²) in [6.07, 6.45) is 0.627. The maximum Gasteiger partial charge on any atom is 0.267 e. The molecule has 23 heavy (non-hydrogen) atoms. The SMILES string of the molecule is CCc1nn(-c2ccc(C[C@H]3NC[C@H]3F)cc2)c(C(N)=O)c1C. The van der Waals surface area contributed by atoms with Crippen LogP contribution in [0, 0.1) is 6.92 Å². The molecule has 0 unspecified atom stereocenters. The molecule has 0 spiro atoms. The summed E-state index contributed by atoms with van der Waals surface area (Å²) >= 11 is 0. The largest absolute Gasteiger partial charge is 0.364 e. The van der Waals surface area contributed by atoms with Crippen molar-refractivity contribution in [2.45, 2.75) is 38.9 Å². The molecule has 2 aromatic rings. The van der Waals surface area contributed by atoms with Crippen molar-refractivity contribution in [2.24, 2.45) is 5.73 Å².